The Morgan fingerprint density at radius 3 is 2.59 bits per heavy atom. The molecule has 4 heterocycles. The van der Waals surface area contributed by atoms with Crippen LogP contribution in [-0.2, 0) is 17.7 Å². The first kappa shape index (κ1) is 26.1. The third-order valence-electron chi connectivity index (χ3n) is 8.40. The maximum absolute atomic E-state index is 6.22. The molecule has 208 valence electrons. The molecule has 0 radical (unpaired) electrons. The molecule has 0 atom stereocenters. The standard InChI is InChI=1S/C31H41N5O3/c1-23-28(37-2)21-24-9-4-5-10-25(24)29(23)36-15-11-26-27(22-36)32-31(33-30(26)35-13-6-3-7-14-35)39-18-8-12-34-16-19-38-20-17-34/h4-5,9-10,21H,3,6-8,11-20,22H2,1-2H3. The summed E-state index contributed by atoms with van der Waals surface area (Å²) in [5, 5.41) is 2.45. The van der Waals surface area contributed by atoms with Crippen molar-refractivity contribution in [1.82, 2.24) is 14.9 Å². The summed E-state index contributed by atoms with van der Waals surface area (Å²) in [4.78, 5) is 17.4. The zero-order valence-electron chi connectivity index (χ0n) is 23.5. The van der Waals surface area contributed by atoms with E-state index in [1.165, 1.54) is 46.8 Å². The molecule has 0 N–H and O–H groups in total. The fourth-order valence-electron chi connectivity index (χ4n) is 6.31. The second kappa shape index (κ2) is 12.0. The minimum Gasteiger partial charge on any atom is -0.496 e. The lowest BCUT2D eigenvalue weighted by molar-refractivity contribution is 0.0356. The van der Waals surface area contributed by atoms with E-state index in [9.17, 15) is 0 Å². The van der Waals surface area contributed by atoms with Gasteiger partial charge in [-0.05, 0) is 50.5 Å². The number of hydrogen-bond donors (Lipinski definition) is 0. The van der Waals surface area contributed by atoms with Crippen LogP contribution in [0.1, 0.15) is 42.5 Å². The smallest absolute Gasteiger partial charge is 0.318 e. The van der Waals surface area contributed by atoms with Gasteiger partial charge in [-0.2, -0.15) is 9.97 Å². The predicted molar refractivity (Wildman–Crippen MR) is 155 cm³/mol. The molecule has 8 heteroatoms. The first-order valence-electron chi connectivity index (χ1n) is 14.6. The highest BCUT2D eigenvalue weighted by Gasteiger charge is 2.28. The molecule has 39 heavy (non-hydrogen) atoms. The van der Waals surface area contributed by atoms with Gasteiger partial charge in [0.25, 0.3) is 0 Å². The minimum absolute atomic E-state index is 0.519. The molecular weight excluding hydrogens is 490 g/mol. The first-order chi connectivity index (χ1) is 19.2. The average molecular weight is 532 g/mol. The van der Waals surface area contributed by atoms with Crippen molar-refractivity contribution in [2.75, 3.05) is 76.0 Å². The molecule has 2 fully saturated rings. The number of fused-ring (bicyclic) bond motifs is 2. The average Bonchev–Trinajstić information content (AvgIpc) is 2.99. The van der Waals surface area contributed by atoms with Crippen LogP contribution in [-0.4, -0.2) is 81.1 Å². The molecule has 3 aliphatic heterocycles. The molecule has 0 unspecified atom stereocenters. The molecule has 6 rings (SSSR count). The van der Waals surface area contributed by atoms with Gasteiger partial charge in [0, 0.05) is 55.8 Å². The third kappa shape index (κ3) is 5.63. The van der Waals surface area contributed by atoms with E-state index in [0.717, 1.165) is 89.1 Å². The van der Waals surface area contributed by atoms with Gasteiger partial charge < -0.3 is 24.0 Å². The number of benzene rings is 2. The van der Waals surface area contributed by atoms with Crippen molar-refractivity contribution >= 4 is 22.3 Å². The van der Waals surface area contributed by atoms with E-state index in [1.54, 1.807) is 7.11 Å². The predicted octanol–water partition coefficient (Wildman–Crippen LogP) is 4.60. The van der Waals surface area contributed by atoms with E-state index in [1.807, 2.05) is 0 Å². The molecule has 2 aromatic carbocycles. The SMILES string of the molecule is COc1cc2ccccc2c(N2CCc3c(nc(OCCCN4CCOCC4)nc3N3CCCCC3)C2)c1C. The zero-order valence-corrected chi connectivity index (χ0v) is 23.5. The van der Waals surface area contributed by atoms with Crippen LogP contribution in [0, 0.1) is 6.92 Å². The summed E-state index contributed by atoms with van der Waals surface area (Å²) in [5.74, 6) is 2.02. The fourth-order valence-corrected chi connectivity index (χ4v) is 6.31. The summed E-state index contributed by atoms with van der Waals surface area (Å²) in [6.07, 6.45) is 5.61. The number of hydrogen-bond acceptors (Lipinski definition) is 8. The first-order valence-corrected chi connectivity index (χ1v) is 14.6. The largest absolute Gasteiger partial charge is 0.496 e. The second-order valence-electron chi connectivity index (χ2n) is 10.9. The summed E-state index contributed by atoms with van der Waals surface area (Å²) in [7, 11) is 1.76. The fraction of sp³-hybridized carbons (Fsp3) is 0.548. The van der Waals surface area contributed by atoms with Gasteiger partial charge in [0.15, 0.2) is 0 Å². The Hall–Kier alpha value is -3.10. The molecule has 0 amide bonds. The molecule has 8 nitrogen and oxygen atoms in total. The van der Waals surface area contributed by atoms with Gasteiger partial charge in [-0.1, -0.05) is 24.3 Å². The molecule has 0 aliphatic carbocycles. The number of nitrogens with zero attached hydrogens (tertiary/aromatic N) is 5. The number of piperidine rings is 1. The summed E-state index contributed by atoms with van der Waals surface area (Å²) in [6, 6.07) is 11.3. The van der Waals surface area contributed by atoms with Gasteiger partial charge in [0.2, 0.25) is 0 Å². The Balaban J connectivity index is 1.27. The van der Waals surface area contributed by atoms with E-state index in [4.69, 9.17) is 24.2 Å². The molecule has 1 aromatic heterocycles. The van der Waals surface area contributed by atoms with Crippen LogP contribution < -0.4 is 19.3 Å². The van der Waals surface area contributed by atoms with Crippen LogP contribution in [0.4, 0.5) is 11.5 Å². The van der Waals surface area contributed by atoms with Gasteiger partial charge in [-0.25, -0.2) is 0 Å². The maximum Gasteiger partial charge on any atom is 0.318 e. The van der Waals surface area contributed by atoms with Crippen LogP contribution in [0.25, 0.3) is 10.8 Å². The number of aromatic nitrogens is 2. The van der Waals surface area contributed by atoms with E-state index < -0.39 is 0 Å². The summed E-state index contributed by atoms with van der Waals surface area (Å²) < 4.78 is 17.5. The molecule has 0 spiro atoms. The Morgan fingerprint density at radius 1 is 0.949 bits per heavy atom. The molecule has 3 aromatic rings. The number of methoxy groups -OCH3 is 1. The van der Waals surface area contributed by atoms with Gasteiger partial charge in [0.05, 0.1) is 44.9 Å². The van der Waals surface area contributed by atoms with E-state index in [-0.39, 0.29) is 0 Å². The van der Waals surface area contributed by atoms with Crippen molar-refractivity contribution in [2.24, 2.45) is 0 Å². The monoisotopic (exact) mass is 531 g/mol. The van der Waals surface area contributed by atoms with E-state index in [2.05, 4.69) is 52.0 Å². The van der Waals surface area contributed by atoms with Crippen LogP contribution >= 0.6 is 0 Å². The number of anilines is 2. The molecule has 0 bridgehead atoms. The highest BCUT2D eigenvalue weighted by Crippen LogP contribution is 2.40. The van der Waals surface area contributed by atoms with Crippen LogP contribution in [0.2, 0.25) is 0 Å². The number of ether oxygens (including phenoxy) is 3. The summed E-state index contributed by atoms with van der Waals surface area (Å²) in [6.45, 7) is 11.2. The van der Waals surface area contributed by atoms with Gasteiger partial charge in [0.1, 0.15) is 11.6 Å². The van der Waals surface area contributed by atoms with Gasteiger partial charge in [-0.3, -0.25) is 4.90 Å². The van der Waals surface area contributed by atoms with E-state index >= 15 is 0 Å². The Morgan fingerprint density at radius 2 is 1.77 bits per heavy atom. The number of morpholine rings is 1. The lowest BCUT2D eigenvalue weighted by Gasteiger charge is -2.36. The summed E-state index contributed by atoms with van der Waals surface area (Å²) in [5.41, 5.74) is 4.79. The molecule has 3 aliphatic rings. The van der Waals surface area contributed by atoms with Crippen molar-refractivity contribution in [2.45, 2.75) is 45.6 Å². The van der Waals surface area contributed by atoms with Crippen LogP contribution in [0.5, 0.6) is 11.8 Å². The Kier molecular flexibility index (Phi) is 8.02. The molecular formula is C31H41N5O3. The maximum atomic E-state index is 6.22. The van der Waals surface area contributed by atoms with Crippen molar-refractivity contribution in [3.05, 3.63) is 47.2 Å². The van der Waals surface area contributed by atoms with Gasteiger partial charge >= 0.3 is 6.01 Å². The van der Waals surface area contributed by atoms with Crippen molar-refractivity contribution in [3.8, 4) is 11.8 Å². The van der Waals surface area contributed by atoms with E-state index in [0.29, 0.717) is 12.6 Å². The second-order valence-corrected chi connectivity index (χ2v) is 10.9. The highest BCUT2D eigenvalue weighted by atomic mass is 16.5. The molecule has 2 saturated heterocycles. The van der Waals surface area contributed by atoms with Crippen molar-refractivity contribution in [3.63, 3.8) is 0 Å². The zero-order chi connectivity index (χ0) is 26.6. The van der Waals surface area contributed by atoms with Crippen molar-refractivity contribution in [1.29, 1.82) is 0 Å². The summed E-state index contributed by atoms with van der Waals surface area (Å²) >= 11 is 0. The highest BCUT2D eigenvalue weighted by molar-refractivity contribution is 5.97. The quantitative estimate of drug-likeness (QED) is 0.391. The molecule has 0 saturated carbocycles. The lowest BCUT2D eigenvalue weighted by atomic mass is 9.98. The van der Waals surface area contributed by atoms with Crippen LogP contribution in [0.15, 0.2) is 30.3 Å². The topological polar surface area (TPSA) is 63.2 Å². The van der Waals surface area contributed by atoms with Crippen molar-refractivity contribution < 1.29 is 14.2 Å². The number of rotatable bonds is 8. The third-order valence-corrected chi connectivity index (χ3v) is 8.40. The normalized spacial score (nSPS) is 18.3. The minimum atomic E-state index is 0.519. The Bertz CT molecular complexity index is 1290. The Labute approximate surface area is 231 Å². The lowest BCUT2D eigenvalue weighted by Crippen LogP contribution is -2.37. The van der Waals surface area contributed by atoms with Crippen LogP contribution in [0.3, 0.4) is 0 Å². The van der Waals surface area contributed by atoms with Gasteiger partial charge in [-0.15, -0.1) is 0 Å².